The average molecular weight is 387 g/mol. The molecular weight excluding hydrogens is 356 g/mol. The van der Waals surface area contributed by atoms with Crippen LogP contribution in [0.15, 0.2) is 35.2 Å². The molecule has 2 aromatic carbocycles. The van der Waals surface area contributed by atoms with E-state index < -0.39 is 9.84 Å². The maximum absolute atomic E-state index is 12.5. The molecule has 2 saturated carbocycles. The molecule has 3 nitrogen and oxygen atoms in total. The largest absolute Gasteiger partial charge is 0.490 e. The van der Waals surface area contributed by atoms with Gasteiger partial charge in [0.25, 0.3) is 0 Å². The Bertz CT molecular complexity index is 905. The first-order chi connectivity index (χ1) is 13.0. The van der Waals surface area contributed by atoms with E-state index in [-0.39, 0.29) is 6.10 Å². The van der Waals surface area contributed by atoms with Gasteiger partial charge in [0.2, 0.25) is 0 Å². The van der Waals surface area contributed by atoms with Gasteiger partial charge in [-0.1, -0.05) is 43.9 Å². The Morgan fingerprint density at radius 2 is 1.52 bits per heavy atom. The van der Waals surface area contributed by atoms with E-state index in [4.69, 9.17) is 4.74 Å². The van der Waals surface area contributed by atoms with E-state index in [1.54, 1.807) is 6.07 Å². The summed E-state index contributed by atoms with van der Waals surface area (Å²) >= 11 is 0. The first-order valence-electron chi connectivity index (χ1n) is 10.5. The molecule has 27 heavy (non-hydrogen) atoms. The first kappa shape index (κ1) is 18.8. The van der Waals surface area contributed by atoms with Crippen molar-refractivity contribution in [2.24, 2.45) is 0 Å². The van der Waals surface area contributed by atoms with E-state index in [0.717, 1.165) is 42.2 Å². The maximum atomic E-state index is 12.5. The molecule has 2 fully saturated rings. The predicted octanol–water partition coefficient (Wildman–Crippen LogP) is 6.00. The van der Waals surface area contributed by atoms with E-state index in [9.17, 15) is 8.42 Å². The van der Waals surface area contributed by atoms with Gasteiger partial charge in [0.15, 0.2) is 9.84 Å². The monoisotopic (exact) mass is 386 g/mol. The third-order valence-electron chi connectivity index (χ3n) is 6.28. The summed E-state index contributed by atoms with van der Waals surface area (Å²) in [6.45, 7) is 0. The number of ether oxygens (including phenoxy) is 1. The summed E-state index contributed by atoms with van der Waals surface area (Å²) in [6.07, 6.45) is 13.5. The highest BCUT2D eigenvalue weighted by atomic mass is 32.2. The lowest BCUT2D eigenvalue weighted by Gasteiger charge is -2.27. The van der Waals surface area contributed by atoms with Crippen LogP contribution in [0.4, 0.5) is 0 Å². The Morgan fingerprint density at radius 1 is 0.852 bits per heavy atom. The van der Waals surface area contributed by atoms with Gasteiger partial charge in [0.05, 0.1) is 11.0 Å². The highest BCUT2D eigenvalue weighted by Gasteiger charge is 2.24. The van der Waals surface area contributed by atoms with Crippen LogP contribution in [-0.4, -0.2) is 20.8 Å². The lowest BCUT2D eigenvalue weighted by Crippen LogP contribution is -2.20. The van der Waals surface area contributed by atoms with Crippen LogP contribution in [0.5, 0.6) is 5.75 Å². The molecule has 0 heterocycles. The summed E-state index contributed by atoms with van der Waals surface area (Å²) < 4.78 is 31.5. The summed E-state index contributed by atoms with van der Waals surface area (Å²) in [6, 6.07) is 9.89. The van der Waals surface area contributed by atoms with Crippen LogP contribution in [0.2, 0.25) is 0 Å². The van der Waals surface area contributed by atoms with E-state index in [2.05, 4.69) is 12.1 Å². The number of rotatable bonds is 4. The predicted molar refractivity (Wildman–Crippen MR) is 110 cm³/mol. The molecule has 0 N–H and O–H groups in total. The fourth-order valence-electron chi connectivity index (χ4n) is 4.90. The number of hydrogen-bond donors (Lipinski definition) is 0. The fraction of sp³-hybridized carbons (Fsp3) is 0.565. The zero-order valence-corrected chi connectivity index (χ0v) is 17.1. The van der Waals surface area contributed by atoms with Gasteiger partial charge in [0.1, 0.15) is 5.75 Å². The van der Waals surface area contributed by atoms with Crippen LogP contribution in [0.1, 0.15) is 75.7 Å². The van der Waals surface area contributed by atoms with Crippen molar-refractivity contribution in [2.75, 3.05) is 6.26 Å². The van der Waals surface area contributed by atoms with Crippen molar-refractivity contribution in [1.29, 1.82) is 0 Å². The highest BCUT2D eigenvalue weighted by Crippen LogP contribution is 2.42. The van der Waals surface area contributed by atoms with Crippen molar-refractivity contribution in [3.8, 4) is 5.75 Å². The third-order valence-corrected chi connectivity index (χ3v) is 7.42. The molecule has 0 aromatic heterocycles. The van der Waals surface area contributed by atoms with Crippen molar-refractivity contribution in [2.45, 2.75) is 81.1 Å². The molecule has 0 unspecified atom stereocenters. The van der Waals surface area contributed by atoms with Crippen molar-refractivity contribution in [3.63, 3.8) is 0 Å². The zero-order valence-electron chi connectivity index (χ0n) is 16.2. The zero-order chi connectivity index (χ0) is 18.9. The van der Waals surface area contributed by atoms with Crippen LogP contribution in [0.3, 0.4) is 0 Å². The second kappa shape index (κ2) is 7.83. The Balaban J connectivity index is 1.84. The Morgan fingerprint density at radius 3 is 2.19 bits per heavy atom. The molecule has 0 amide bonds. The lowest BCUT2D eigenvalue weighted by molar-refractivity contribution is 0.157. The molecular formula is C23H30O3S. The van der Waals surface area contributed by atoms with Gasteiger partial charge in [-0.15, -0.1) is 0 Å². The van der Waals surface area contributed by atoms with E-state index in [1.165, 1.54) is 50.3 Å². The van der Waals surface area contributed by atoms with Crippen LogP contribution >= 0.6 is 0 Å². The third kappa shape index (κ3) is 4.01. The molecule has 0 radical (unpaired) electrons. The second-order valence-electron chi connectivity index (χ2n) is 8.32. The van der Waals surface area contributed by atoms with Crippen LogP contribution in [-0.2, 0) is 9.84 Å². The molecule has 0 bridgehead atoms. The minimum Gasteiger partial charge on any atom is -0.490 e. The number of benzene rings is 2. The van der Waals surface area contributed by atoms with Crippen molar-refractivity contribution in [3.05, 3.63) is 35.9 Å². The van der Waals surface area contributed by atoms with Gasteiger partial charge >= 0.3 is 0 Å². The normalized spacial score (nSPS) is 20.0. The molecule has 4 rings (SSSR count). The molecule has 0 aliphatic heterocycles. The van der Waals surface area contributed by atoms with Crippen molar-refractivity contribution >= 4 is 20.6 Å². The molecule has 0 atom stereocenters. The summed E-state index contributed by atoms with van der Waals surface area (Å²) in [5, 5.41) is 1.87. The Labute approximate surface area is 163 Å². The van der Waals surface area contributed by atoms with E-state index in [1.807, 2.05) is 12.1 Å². The van der Waals surface area contributed by atoms with E-state index in [0.29, 0.717) is 10.8 Å². The topological polar surface area (TPSA) is 43.4 Å². The number of sulfone groups is 1. The standard InChI is InChI=1S/C23H30O3S/c1-27(24,25)22-14-8-13-20-21(26-18-11-6-3-7-12-18)16-15-19(23(20)22)17-9-4-2-5-10-17/h8,13-18H,2-7,9-12H2,1H3. The maximum Gasteiger partial charge on any atom is 0.176 e. The van der Waals surface area contributed by atoms with Crippen LogP contribution in [0.25, 0.3) is 10.8 Å². The molecule has 2 aliphatic carbocycles. The summed E-state index contributed by atoms with van der Waals surface area (Å²) in [7, 11) is -3.30. The molecule has 146 valence electrons. The molecule has 2 aliphatic rings. The Kier molecular flexibility index (Phi) is 5.45. The van der Waals surface area contributed by atoms with Gasteiger partial charge in [-0.25, -0.2) is 8.42 Å². The smallest absolute Gasteiger partial charge is 0.176 e. The minimum atomic E-state index is -3.30. The quantitative estimate of drug-likeness (QED) is 0.647. The van der Waals surface area contributed by atoms with Gasteiger partial charge in [-0.3, -0.25) is 0 Å². The molecule has 2 aromatic rings. The van der Waals surface area contributed by atoms with Gasteiger partial charge in [-0.05, 0) is 62.1 Å². The van der Waals surface area contributed by atoms with E-state index >= 15 is 0 Å². The van der Waals surface area contributed by atoms with Gasteiger partial charge in [0, 0.05) is 17.0 Å². The Hall–Kier alpha value is -1.55. The van der Waals surface area contributed by atoms with Crippen LogP contribution in [0, 0.1) is 0 Å². The highest BCUT2D eigenvalue weighted by molar-refractivity contribution is 7.91. The molecule has 4 heteroatoms. The average Bonchev–Trinajstić information content (AvgIpc) is 2.68. The summed E-state index contributed by atoms with van der Waals surface area (Å²) in [5.41, 5.74) is 1.20. The van der Waals surface area contributed by atoms with Crippen molar-refractivity contribution in [1.82, 2.24) is 0 Å². The summed E-state index contributed by atoms with van der Waals surface area (Å²) in [4.78, 5) is 0.453. The second-order valence-corrected chi connectivity index (χ2v) is 10.3. The van der Waals surface area contributed by atoms with Gasteiger partial charge < -0.3 is 4.74 Å². The van der Waals surface area contributed by atoms with Crippen LogP contribution < -0.4 is 4.74 Å². The number of fused-ring (bicyclic) bond motifs is 1. The van der Waals surface area contributed by atoms with Gasteiger partial charge in [-0.2, -0.15) is 0 Å². The fourth-order valence-corrected chi connectivity index (χ4v) is 5.83. The minimum absolute atomic E-state index is 0.254. The molecule has 0 spiro atoms. The molecule has 0 saturated heterocycles. The SMILES string of the molecule is CS(=O)(=O)c1cccc2c(OC3CCCCC3)ccc(C3CCCCC3)c12. The number of hydrogen-bond acceptors (Lipinski definition) is 3. The lowest BCUT2D eigenvalue weighted by atomic mass is 9.82. The van der Waals surface area contributed by atoms with Crippen molar-refractivity contribution < 1.29 is 13.2 Å². The summed E-state index contributed by atoms with van der Waals surface area (Å²) in [5.74, 6) is 1.30. The first-order valence-corrected chi connectivity index (χ1v) is 12.4.